The summed E-state index contributed by atoms with van der Waals surface area (Å²) in [4.78, 5) is 4.14. The van der Waals surface area contributed by atoms with Crippen LogP contribution >= 0.6 is 0 Å². The van der Waals surface area contributed by atoms with Gasteiger partial charge >= 0.3 is 0 Å². The molecule has 0 radical (unpaired) electrons. The highest BCUT2D eigenvalue weighted by molar-refractivity contribution is 5.61. The topological polar surface area (TPSA) is 61.9 Å². The number of hydrogen-bond acceptors (Lipinski definition) is 4. The Hall–Kier alpha value is -2.28. The van der Waals surface area contributed by atoms with Crippen molar-refractivity contribution < 1.29 is 4.42 Å². The van der Waals surface area contributed by atoms with E-state index in [1.54, 1.807) is 7.05 Å². The quantitative estimate of drug-likeness (QED) is 0.832. The van der Waals surface area contributed by atoms with Gasteiger partial charge in [0.15, 0.2) is 0 Å². The van der Waals surface area contributed by atoms with E-state index in [9.17, 15) is 0 Å². The SMILES string of the molecule is CNc1oc(-c2ccccc2C)nc1C#N. The van der Waals surface area contributed by atoms with E-state index in [0.717, 1.165) is 11.1 Å². The summed E-state index contributed by atoms with van der Waals surface area (Å²) in [5.41, 5.74) is 2.25. The fourth-order valence-corrected chi connectivity index (χ4v) is 1.49. The second-order valence-corrected chi connectivity index (χ2v) is 3.37. The lowest BCUT2D eigenvalue weighted by atomic mass is 10.1. The molecule has 16 heavy (non-hydrogen) atoms. The van der Waals surface area contributed by atoms with Crippen LogP contribution in [0.3, 0.4) is 0 Å². The average Bonchev–Trinajstić information content (AvgIpc) is 2.72. The van der Waals surface area contributed by atoms with Crippen LogP contribution in [0.15, 0.2) is 28.7 Å². The molecule has 0 bridgehead atoms. The van der Waals surface area contributed by atoms with Crippen molar-refractivity contribution in [2.24, 2.45) is 0 Å². The van der Waals surface area contributed by atoms with Crippen molar-refractivity contribution in [1.29, 1.82) is 5.26 Å². The zero-order chi connectivity index (χ0) is 11.5. The number of aryl methyl sites for hydroxylation is 1. The standard InChI is InChI=1S/C12H11N3O/c1-8-5-3-4-6-9(8)11-15-10(7-13)12(14-2)16-11/h3-6,14H,1-2H3. The molecule has 1 N–H and O–H groups in total. The number of anilines is 1. The minimum Gasteiger partial charge on any atom is -0.419 e. The normalized spacial score (nSPS) is 9.81. The zero-order valence-electron chi connectivity index (χ0n) is 9.11. The fraction of sp³-hybridized carbons (Fsp3) is 0.167. The van der Waals surface area contributed by atoms with E-state index in [1.807, 2.05) is 37.3 Å². The molecule has 0 atom stereocenters. The molecule has 0 aliphatic rings. The Kier molecular flexibility index (Phi) is 2.61. The molecule has 4 heteroatoms. The van der Waals surface area contributed by atoms with Crippen LogP contribution in [0.25, 0.3) is 11.5 Å². The first-order valence-electron chi connectivity index (χ1n) is 4.91. The number of nitrogens with zero attached hydrogens (tertiary/aromatic N) is 2. The monoisotopic (exact) mass is 213 g/mol. The molecule has 0 amide bonds. The molecule has 1 heterocycles. The van der Waals surface area contributed by atoms with Crippen LogP contribution in [-0.2, 0) is 0 Å². The van der Waals surface area contributed by atoms with Gasteiger partial charge in [0.1, 0.15) is 6.07 Å². The Morgan fingerprint density at radius 2 is 2.12 bits per heavy atom. The van der Waals surface area contributed by atoms with Gasteiger partial charge in [0.2, 0.25) is 17.5 Å². The van der Waals surface area contributed by atoms with E-state index in [-0.39, 0.29) is 5.69 Å². The molecular formula is C12H11N3O. The highest BCUT2D eigenvalue weighted by Crippen LogP contribution is 2.26. The molecule has 0 spiro atoms. The molecule has 2 aromatic rings. The number of benzene rings is 1. The van der Waals surface area contributed by atoms with Gasteiger partial charge in [0.05, 0.1) is 0 Å². The third kappa shape index (κ3) is 1.63. The number of nitrogens with one attached hydrogen (secondary N) is 1. The molecule has 0 saturated carbocycles. The molecule has 1 aromatic carbocycles. The zero-order valence-corrected chi connectivity index (χ0v) is 9.11. The van der Waals surface area contributed by atoms with Crippen molar-refractivity contribution >= 4 is 5.88 Å². The van der Waals surface area contributed by atoms with E-state index in [4.69, 9.17) is 9.68 Å². The Labute approximate surface area is 93.5 Å². The van der Waals surface area contributed by atoms with E-state index in [1.165, 1.54) is 0 Å². The lowest BCUT2D eigenvalue weighted by Gasteiger charge is -1.99. The van der Waals surface area contributed by atoms with Crippen molar-refractivity contribution in [1.82, 2.24) is 4.98 Å². The summed E-state index contributed by atoms with van der Waals surface area (Å²) >= 11 is 0. The minimum atomic E-state index is 0.278. The fourth-order valence-electron chi connectivity index (χ4n) is 1.49. The number of hydrogen-bond donors (Lipinski definition) is 1. The minimum absolute atomic E-state index is 0.278. The van der Waals surface area contributed by atoms with Gasteiger partial charge in [-0.3, -0.25) is 0 Å². The van der Waals surface area contributed by atoms with Crippen molar-refractivity contribution in [2.45, 2.75) is 6.92 Å². The lowest BCUT2D eigenvalue weighted by Crippen LogP contribution is -1.87. The third-order valence-corrected chi connectivity index (χ3v) is 2.34. The molecule has 2 rings (SSSR count). The maximum absolute atomic E-state index is 8.87. The van der Waals surface area contributed by atoms with E-state index in [0.29, 0.717) is 11.8 Å². The average molecular weight is 213 g/mol. The van der Waals surface area contributed by atoms with Crippen LogP contribution in [0.1, 0.15) is 11.3 Å². The highest BCUT2D eigenvalue weighted by atomic mass is 16.4. The summed E-state index contributed by atoms with van der Waals surface area (Å²) in [6.45, 7) is 1.98. The second kappa shape index (κ2) is 4.07. The predicted octanol–water partition coefficient (Wildman–Crippen LogP) is 2.56. The van der Waals surface area contributed by atoms with Gasteiger partial charge in [0.25, 0.3) is 0 Å². The van der Waals surface area contributed by atoms with Crippen molar-refractivity contribution in [2.75, 3.05) is 12.4 Å². The smallest absolute Gasteiger partial charge is 0.232 e. The van der Waals surface area contributed by atoms with Crippen molar-refractivity contribution in [3.63, 3.8) is 0 Å². The van der Waals surface area contributed by atoms with Crippen LogP contribution < -0.4 is 5.32 Å². The van der Waals surface area contributed by atoms with E-state index >= 15 is 0 Å². The Balaban J connectivity index is 2.54. The molecule has 0 unspecified atom stereocenters. The second-order valence-electron chi connectivity index (χ2n) is 3.37. The number of oxazole rings is 1. The highest BCUT2D eigenvalue weighted by Gasteiger charge is 2.13. The maximum Gasteiger partial charge on any atom is 0.232 e. The molecule has 0 aliphatic carbocycles. The summed E-state index contributed by atoms with van der Waals surface area (Å²) in [5, 5.41) is 11.7. The number of rotatable bonds is 2. The predicted molar refractivity (Wildman–Crippen MR) is 60.9 cm³/mol. The molecule has 4 nitrogen and oxygen atoms in total. The molecule has 0 saturated heterocycles. The summed E-state index contributed by atoms with van der Waals surface area (Å²) < 4.78 is 5.48. The Morgan fingerprint density at radius 3 is 2.69 bits per heavy atom. The number of aromatic nitrogens is 1. The Bertz CT molecular complexity index is 552. The summed E-state index contributed by atoms with van der Waals surface area (Å²) in [6.07, 6.45) is 0. The maximum atomic E-state index is 8.87. The van der Waals surface area contributed by atoms with Crippen LogP contribution in [-0.4, -0.2) is 12.0 Å². The molecular weight excluding hydrogens is 202 g/mol. The van der Waals surface area contributed by atoms with Crippen LogP contribution in [0.2, 0.25) is 0 Å². The first-order valence-corrected chi connectivity index (χ1v) is 4.91. The lowest BCUT2D eigenvalue weighted by molar-refractivity contribution is 0.589. The van der Waals surface area contributed by atoms with Gasteiger partial charge in [-0.15, -0.1) is 0 Å². The van der Waals surface area contributed by atoms with Crippen LogP contribution in [0.4, 0.5) is 5.88 Å². The van der Waals surface area contributed by atoms with Gasteiger partial charge in [-0.25, -0.2) is 0 Å². The summed E-state index contributed by atoms with van der Waals surface area (Å²) in [6, 6.07) is 9.75. The summed E-state index contributed by atoms with van der Waals surface area (Å²) in [5.74, 6) is 0.875. The van der Waals surface area contributed by atoms with Crippen LogP contribution in [0, 0.1) is 18.3 Å². The first-order chi connectivity index (χ1) is 7.76. The first kappa shape index (κ1) is 10.2. The van der Waals surface area contributed by atoms with E-state index < -0.39 is 0 Å². The molecule has 1 aromatic heterocycles. The summed E-state index contributed by atoms with van der Waals surface area (Å²) in [7, 11) is 1.70. The number of nitriles is 1. The van der Waals surface area contributed by atoms with Gasteiger partial charge in [0, 0.05) is 12.6 Å². The van der Waals surface area contributed by atoms with Gasteiger partial charge < -0.3 is 9.73 Å². The van der Waals surface area contributed by atoms with Gasteiger partial charge in [-0.2, -0.15) is 10.2 Å². The molecule has 0 aliphatic heterocycles. The van der Waals surface area contributed by atoms with Crippen LogP contribution in [0.5, 0.6) is 0 Å². The van der Waals surface area contributed by atoms with Crippen molar-refractivity contribution in [3.05, 3.63) is 35.5 Å². The van der Waals surface area contributed by atoms with Gasteiger partial charge in [-0.1, -0.05) is 18.2 Å². The third-order valence-electron chi connectivity index (χ3n) is 2.34. The molecule has 80 valence electrons. The largest absolute Gasteiger partial charge is 0.419 e. The van der Waals surface area contributed by atoms with E-state index in [2.05, 4.69) is 10.3 Å². The molecule has 0 fully saturated rings. The van der Waals surface area contributed by atoms with Crippen molar-refractivity contribution in [3.8, 4) is 17.5 Å². The van der Waals surface area contributed by atoms with Gasteiger partial charge in [-0.05, 0) is 18.6 Å². The Morgan fingerprint density at radius 1 is 1.38 bits per heavy atom.